The second-order valence-electron chi connectivity index (χ2n) is 10.1. The highest BCUT2D eigenvalue weighted by Crippen LogP contribution is 2.67. The smallest absolute Gasteiger partial charge is 0.205 e. The molecular weight excluding hydrogens is 478 g/mol. The zero-order chi connectivity index (χ0) is 26.5. The first kappa shape index (κ1) is 23.9. The lowest BCUT2D eigenvalue weighted by molar-refractivity contribution is -0.101. The van der Waals surface area contributed by atoms with Crippen LogP contribution in [0.5, 0.6) is 17.5 Å². The van der Waals surface area contributed by atoms with E-state index < -0.39 is 11.2 Å². The predicted molar refractivity (Wildman–Crippen MR) is 141 cm³/mol. The van der Waals surface area contributed by atoms with Crippen LogP contribution in [-0.2, 0) is 15.9 Å². The van der Waals surface area contributed by atoms with Crippen LogP contribution < -0.4 is 4.74 Å². The van der Waals surface area contributed by atoms with Gasteiger partial charge in [0.05, 0.1) is 46.7 Å². The van der Waals surface area contributed by atoms with Gasteiger partial charge in [0.25, 0.3) is 0 Å². The summed E-state index contributed by atoms with van der Waals surface area (Å²) in [5.41, 5.74) is 1.54. The molecule has 2 atom stereocenters. The van der Waals surface area contributed by atoms with E-state index in [0.29, 0.717) is 53.1 Å². The van der Waals surface area contributed by atoms with Crippen LogP contribution >= 0.6 is 0 Å². The van der Waals surface area contributed by atoms with Gasteiger partial charge in [-0.05, 0) is 55.7 Å². The Kier molecular flexibility index (Phi) is 5.56. The lowest BCUT2D eigenvalue weighted by Crippen LogP contribution is -2.26. The van der Waals surface area contributed by atoms with E-state index in [1.807, 2.05) is 24.3 Å². The minimum atomic E-state index is -0.785. The van der Waals surface area contributed by atoms with Crippen LogP contribution in [0.1, 0.15) is 61.3 Å². The maximum absolute atomic E-state index is 11.7. The molecule has 0 spiro atoms. The minimum Gasteiger partial charge on any atom is -0.494 e. The summed E-state index contributed by atoms with van der Waals surface area (Å²) in [6.07, 6.45) is 3.54. The number of aromatic hydroxyl groups is 2. The Morgan fingerprint density at radius 3 is 2.16 bits per heavy atom. The Morgan fingerprint density at radius 1 is 0.868 bits per heavy atom. The fourth-order valence-corrected chi connectivity index (χ4v) is 6.41. The van der Waals surface area contributed by atoms with Gasteiger partial charge in [0.15, 0.2) is 0 Å². The number of fused-ring (bicyclic) bond motifs is 6. The van der Waals surface area contributed by atoms with Crippen molar-refractivity contribution in [3.8, 4) is 35.3 Å². The van der Waals surface area contributed by atoms with Gasteiger partial charge in [0, 0.05) is 17.2 Å². The Hall–Kier alpha value is -4.46. The fourth-order valence-electron chi connectivity index (χ4n) is 6.41. The number of hydrogen-bond donors (Lipinski definition) is 2. The van der Waals surface area contributed by atoms with Crippen LogP contribution in [0.4, 0.5) is 0 Å². The molecule has 0 saturated carbocycles. The van der Waals surface area contributed by atoms with Gasteiger partial charge in [-0.25, -0.2) is 0 Å². The van der Waals surface area contributed by atoms with E-state index in [2.05, 4.69) is 19.1 Å². The monoisotopic (exact) mass is 505 g/mol. The van der Waals surface area contributed by atoms with Crippen LogP contribution in [0.2, 0.25) is 0 Å². The molecule has 190 valence electrons. The van der Waals surface area contributed by atoms with E-state index in [9.17, 15) is 15.5 Å². The van der Waals surface area contributed by atoms with Gasteiger partial charge < -0.3 is 19.7 Å². The number of nitriles is 2. The van der Waals surface area contributed by atoms with E-state index in [1.54, 1.807) is 36.4 Å². The summed E-state index contributed by atoms with van der Waals surface area (Å²) in [7, 11) is 0. The summed E-state index contributed by atoms with van der Waals surface area (Å²) in [5, 5.41) is 43.5. The third kappa shape index (κ3) is 3.36. The average molecular weight is 506 g/mol. The first-order chi connectivity index (χ1) is 18.5. The molecule has 0 amide bonds. The number of ether oxygens (including phenoxy) is 2. The summed E-state index contributed by atoms with van der Waals surface area (Å²) < 4.78 is 14.2. The lowest BCUT2D eigenvalue weighted by Gasteiger charge is -2.27. The molecule has 38 heavy (non-hydrogen) atoms. The molecule has 2 aliphatic rings. The van der Waals surface area contributed by atoms with E-state index in [0.717, 1.165) is 30.0 Å². The van der Waals surface area contributed by atoms with Crippen LogP contribution in [-0.4, -0.2) is 21.4 Å². The molecule has 4 aromatic rings. The van der Waals surface area contributed by atoms with Gasteiger partial charge in [0.1, 0.15) is 17.0 Å². The maximum Gasteiger partial charge on any atom is 0.205 e. The van der Waals surface area contributed by atoms with Crippen molar-refractivity contribution in [3.05, 3.63) is 82.9 Å². The van der Waals surface area contributed by atoms with Gasteiger partial charge in [-0.3, -0.25) is 4.57 Å². The van der Waals surface area contributed by atoms with Crippen molar-refractivity contribution in [1.82, 2.24) is 4.57 Å². The first-order valence-electron chi connectivity index (χ1n) is 12.9. The molecule has 3 heterocycles. The van der Waals surface area contributed by atoms with Crippen LogP contribution in [0, 0.1) is 22.7 Å². The summed E-state index contributed by atoms with van der Waals surface area (Å²) in [4.78, 5) is 0. The molecule has 3 aromatic carbocycles. The van der Waals surface area contributed by atoms with Crippen LogP contribution in [0.15, 0.2) is 60.7 Å². The zero-order valence-electron chi connectivity index (χ0n) is 21.1. The molecule has 2 N–H and O–H groups in total. The average Bonchev–Trinajstić information content (AvgIpc) is 3.54. The SMILES string of the molecule is CCC[C@@]12CC[C@@](CCOc3ccc(C#N)cc3)(O1)c1c2c(O)n(-c2ccc(C#N)c3ccccc23)c1O. The molecule has 2 bridgehead atoms. The highest BCUT2D eigenvalue weighted by Gasteiger charge is 2.63. The second kappa shape index (κ2) is 8.83. The summed E-state index contributed by atoms with van der Waals surface area (Å²) in [6.45, 7) is 2.44. The molecule has 1 saturated heterocycles. The Balaban J connectivity index is 1.43. The van der Waals surface area contributed by atoms with Gasteiger partial charge in [-0.15, -0.1) is 0 Å². The normalized spacial score (nSPS) is 21.2. The number of hydrogen-bond acceptors (Lipinski definition) is 6. The number of rotatable bonds is 7. The Morgan fingerprint density at radius 2 is 1.53 bits per heavy atom. The quantitative estimate of drug-likeness (QED) is 0.306. The molecule has 7 nitrogen and oxygen atoms in total. The molecule has 6 rings (SSSR count). The van der Waals surface area contributed by atoms with Crippen molar-refractivity contribution in [1.29, 1.82) is 10.5 Å². The standard InChI is InChI=1S/C31H27N3O4/c1-2-13-30-14-15-31(38-30,16-17-37-22-10-7-20(18-32)8-11-22)27-26(30)28(35)34(29(27)36)25-12-9-21(19-33)23-5-3-4-6-24(23)25/h3-12,35-36H,2,13-17H2,1H3/t30-,31-/m0/s1. The number of aromatic nitrogens is 1. The second-order valence-corrected chi connectivity index (χ2v) is 10.1. The summed E-state index contributed by atoms with van der Waals surface area (Å²) in [5.74, 6) is 0.601. The fraction of sp³-hybridized carbons (Fsp3) is 0.290. The van der Waals surface area contributed by atoms with Crippen molar-refractivity contribution in [2.45, 2.75) is 50.2 Å². The van der Waals surface area contributed by atoms with Crippen molar-refractivity contribution in [3.63, 3.8) is 0 Å². The Labute approximate surface area is 220 Å². The van der Waals surface area contributed by atoms with Crippen LogP contribution in [0.3, 0.4) is 0 Å². The van der Waals surface area contributed by atoms with E-state index in [-0.39, 0.29) is 11.8 Å². The predicted octanol–water partition coefficient (Wildman–Crippen LogP) is 6.27. The van der Waals surface area contributed by atoms with Gasteiger partial charge >= 0.3 is 0 Å². The van der Waals surface area contributed by atoms with Crippen molar-refractivity contribution in [2.24, 2.45) is 0 Å². The van der Waals surface area contributed by atoms with E-state index >= 15 is 0 Å². The highest BCUT2D eigenvalue weighted by atomic mass is 16.5. The van der Waals surface area contributed by atoms with Crippen molar-refractivity contribution >= 4 is 10.8 Å². The molecule has 2 aliphatic heterocycles. The minimum absolute atomic E-state index is 0.0182. The first-order valence-corrected chi connectivity index (χ1v) is 12.9. The van der Waals surface area contributed by atoms with Crippen molar-refractivity contribution in [2.75, 3.05) is 6.61 Å². The van der Waals surface area contributed by atoms with E-state index in [4.69, 9.17) is 14.7 Å². The van der Waals surface area contributed by atoms with Crippen LogP contribution in [0.25, 0.3) is 16.5 Å². The van der Waals surface area contributed by atoms with Gasteiger partial charge in [-0.2, -0.15) is 10.5 Å². The van der Waals surface area contributed by atoms with E-state index in [1.165, 1.54) is 4.57 Å². The molecule has 0 unspecified atom stereocenters. The van der Waals surface area contributed by atoms with Gasteiger partial charge in [-0.1, -0.05) is 37.6 Å². The number of nitrogens with zero attached hydrogens (tertiary/aromatic N) is 3. The highest BCUT2D eigenvalue weighted by molar-refractivity contribution is 5.95. The molecule has 0 radical (unpaired) electrons. The third-order valence-electron chi connectivity index (χ3n) is 8.03. The molecule has 1 aromatic heterocycles. The lowest BCUT2D eigenvalue weighted by atomic mass is 9.75. The topological polar surface area (TPSA) is 111 Å². The van der Waals surface area contributed by atoms with Gasteiger partial charge in [0.2, 0.25) is 11.8 Å². The molecule has 1 fully saturated rings. The third-order valence-corrected chi connectivity index (χ3v) is 8.03. The van der Waals surface area contributed by atoms with Crippen molar-refractivity contribution < 1.29 is 19.7 Å². The summed E-state index contributed by atoms with van der Waals surface area (Å²) in [6, 6.07) is 22.3. The molecular formula is C31H27N3O4. The summed E-state index contributed by atoms with van der Waals surface area (Å²) >= 11 is 0. The molecule has 7 heteroatoms. The number of benzene rings is 3. The zero-order valence-corrected chi connectivity index (χ0v) is 21.1. The molecule has 0 aliphatic carbocycles. The largest absolute Gasteiger partial charge is 0.494 e. The maximum atomic E-state index is 11.7. The Bertz CT molecular complexity index is 1640.